The Bertz CT molecular complexity index is 947. The maximum Gasteiger partial charge on any atom is 0.253 e. The number of ether oxygens (including phenoxy) is 2. The molecule has 0 aromatic heterocycles. The molecule has 1 N–H and O–H groups in total. The molecule has 2 aromatic rings. The van der Waals surface area contributed by atoms with E-state index >= 15 is 0 Å². The summed E-state index contributed by atoms with van der Waals surface area (Å²) in [6.45, 7) is 7.38. The van der Waals surface area contributed by atoms with Gasteiger partial charge in [0.15, 0.2) is 11.5 Å². The monoisotopic (exact) mass is 424 g/mol. The molecule has 0 radical (unpaired) electrons. The average molecular weight is 425 g/mol. The number of methoxy groups -OCH3 is 2. The minimum atomic E-state index is -0.103. The molecule has 0 aliphatic carbocycles. The molecule has 0 spiro atoms. The van der Waals surface area contributed by atoms with E-state index < -0.39 is 0 Å². The van der Waals surface area contributed by atoms with E-state index in [2.05, 4.69) is 25.2 Å². The number of piperidine rings is 1. The third-order valence-corrected chi connectivity index (χ3v) is 5.96. The number of likely N-dealkylation sites (tertiary alicyclic amines) is 1. The van der Waals surface area contributed by atoms with E-state index in [1.165, 1.54) is 0 Å². The van der Waals surface area contributed by atoms with Crippen LogP contribution in [-0.2, 0) is 4.79 Å². The Labute approximate surface area is 184 Å². The van der Waals surface area contributed by atoms with Crippen molar-refractivity contribution in [2.24, 2.45) is 5.92 Å². The summed E-state index contributed by atoms with van der Waals surface area (Å²) in [5, 5.41) is 3.16. The van der Waals surface area contributed by atoms with Crippen molar-refractivity contribution in [2.75, 3.05) is 32.6 Å². The molecule has 6 heteroatoms. The van der Waals surface area contributed by atoms with E-state index in [4.69, 9.17) is 9.47 Å². The lowest BCUT2D eigenvalue weighted by atomic mass is 9.93. The van der Waals surface area contributed by atoms with Gasteiger partial charge >= 0.3 is 0 Å². The molecule has 0 bridgehead atoms. The second-order valence-electron chi connectivity index (χ2n) is 8.32. The zero-order valence-corrected chi connectivity index (χ0v) is 19.0. The van der Waals surface area contributed by atoms with Gasteiger partial charge < -0.3 is 19.7 Å². The minimum absolute atomic E-state index is 0.0365. The van der Waals surface area contributed by atoms with Crippen molar-refractivity contribution in [3.63, 3.8) is 0 Å². The Morgan fingerprint density at radius 1 is 1.03 bits per heavy atom. The van der Waals surface area contributed by atoms with E-state index in [1.807, 2.05) is 19.1 Å². The summed E-state index contributed by atoms with van der Waals surface area (Å²) in [4.78, 5) is 27.7. The number of nitrogens with zero attached hydrogens (tertiary/aromatic N) is 1. The molecule has 2 amide bonds. The highest BCUT2D eigenvalue weighted by Crippen LogP contribution is 2.30. The number of amides is 2. The van der Waals surface area contributed by atoms with E-state index in [-0.39, 0.29) is 17.7 Å². The Hall–Kier alpha value is -3.02. The number of hydrogen-bond acceptors (Lipinski definition) is 4. The second-order valence-corrected chi connectivity index (χ2v) is 8.32. The molecule has 3 rings (SSSR count). The summed E-state index contributed by atoms with van der Waals surface area (Å²) in [5.74, 6) is 1.33. The molecule has 0 atom stereocenters. The predicted molar refractivity (Wildman–Crippen MR) is 122 cm³/mol. The van der Waals surface area contributed by atoms with E-state index in [1.54, 1.807) is 37.3 Å². The van der Waals surface area contributed by atoms with Gasteiger partial charge in [0.2, 0.25) is 5.91 Å². The molecule has 1 saturated heterocycles. The summed E-state index contributed by atoms with van der Waals surface area (Å²) in [5.41, 5.74) is 3.70. The van der Waals surface area contributed by atoms with Gasteiger partial charge in [-0.3, -0.25) is 9.59 Å². The predicted octanol–water partition coefficient (Wildman–Crippen LogP) is 4.63. The van der Waals surface area contributed by atoms with Gasteiger partial charge in [-0.25, -0.2) is 0 Å². The fourth-order valence-corrected chi connectivity index (χ4v) is 4.06. The van der Waals surface area contributed by atoms with Crippen LogP contribution in [0.2, 0.25) is 0 Å². The normalized spacial score (nSPS) is 14.5. The number of aryl methyl sites for hydroxylation is 1. The van der Waals surface area contributed by atoms with Gasteiger partial charge in [0.05, 0.1) is 14.2 Å². The van der Waals surface area contributed by atoms with Crippen molar-refractivity contribution in [3.05, 3.63) is 53.1 Å². The number of anilines is 1. The first-order valence-corrected chi connectivity index (χ1v) is 10.8. The minimum Gasteiger partial charge on any atom is -0.493 e. The van der Waals surface area contributed by atoms with Crippen LogP contribution in [0.4, 0.5) is 5.69 Å². The van der Waals surface area contributed by atoms with Gasteiger partial charge in [-0.2, -0.15) is 0 Å². The van der Waals surface area contributed by atoms with Crippen molar-refractivity contribution in [2.45, 2.75) is 39.5 Å². The number of para-hydroxylation sites is 1. The van der Waals surface area contributed by atoms with E-state index in [0.717, 1.165) is 16.8 Å². The number of benzene rings is 2. The zero-order valence-electron chi connectivity index (χ0n) is 19.0. The molecule has 0 unspecified atom stereocenters. The maximum absolute atomic E-state index is 13.0. The van der Waals surface area contributed by atoms with Crippen LogP contribution >= 0.6 is 0 Å². The highest BCUT2D eigenvalue weighted by molar-refractivity contribution is 5.96. The molecule has 1 fully saturated rings. The van der Waals surface area contributed by atoms with Crippen molar-refractivity contribution in [3.8, 4) is 11.5 Å². The molecule has 31 heavy (non-hydrogen) atoms. The van der Waals surface area contributed by atoms with Crippen LogP contribution in [0.15, 0.2) is 36.4 Å². The third kappa shape index (κ3) is 5.01. The molecule has 166 valence electrons. The van der Waals surface area contributed by atoms with Crippen LogP contribution in [0.1, 0.15) is 54.1 Å². The number of carbonyl (C=O) groups excluding carboxylic acids is 2. The average Bonchev–Trinajstić information content (AvgIpc) is 2.79. The van der Waals surface area contributed by atoms with Crippen LogP contribution in [0.3, 0.4) is 0 Å². The lowest BCUT2D eigenvalue weighted by Crippen LogP contribution is -2.41. The smallest absolute Gasteiger partial charge is 0.253 e. The molecule has 2 aromatic carbocycles. The highest BCUT2D eigenvalue weighted by Gasteiger charge is 2.29. The van der Waals surface area contributed by atoms with Crippen LogP contribution in [0.25, 0.3) is 0 Å². The second kappa shape index (κ2) is 9.86. The van der Waals surface area contributed by atoms with Gasteiger partial charge in [-0.1, -0.05) is 32.0 Å². The number of nitrogens with one attached hydrogen (secondary N) is 1. The number of rotatable bonds is 6. The summed E-state index contributed by atoms with van der Waals surface area (Å²) in [6.07, 6.45) is 1.29. The van der Waals surface area contributed by atoms with Gasteiger partial charge in [-0.05, 0) is 55.0 Å². The van der Waals surface area contributed by atoms with Gasteiger partial charge in [-0.15, -0.1) is 0 Å². The molecule has 1 aliphatic rings. The number of hydrogen-bond donors (Lipinski definition) is 1. The Kier molecular flexibility index (Phi) is 7.21. The van der Waals surface area contributed by atoms with Crippen molar-refractivity contribution < 1.29 is 19.1 Å². The maximum atomic E-state index is 13.0. The molecule has 6 nitrogen and oxygen atoms in total. The van der Waals surface area contributed by atoms with Crippen LogP contribution in [0, 0.1) is 12.8 Å². The van der Waals surface area contributed by atoms with E-state index in [9.17, 15) is 9.59 Å². The van der Waals surface area contributed by atoms with Gasteiger partial charge in [0.1, 0.15) is 0 Å². The molecule has 0 saturated carbocycles. The SMILES string of the molecule is COc1ccc(C(=O)N2CCC(C(=O)Nc3c(C)cccc3C(C)C)CC2)cc1OC. The fourth-order valence-electron chi connectivity index (χ4n) is 4.06. The first kappa shape index (κ1) is 22.7. The van der Waals surface area contributed by atoms with Crippen molar-refractivity contribution in [1.82, 2.24) is 4.90 Å². The Morgan fingerprint density at radius 2 is 1.71 bits per heavy atom. The quantitative estimate of drug-likeness (QED) is 0.734. The largest absolute Gasteiger partial charge is 0.493 e. The van der Waals surface area contributed by atoms with Crippen LogP contribution < -0.4 is 14.8 Å². The summed E-state index contributed by atoms with van der Waals surface area (Å²) in [6, 6.07) is 11.3. The van der Waals surface area contributed by atoms with E-state index in [0.29, 0.717) is 48.9 Å². The summed E-state index contributed by atoms with van der Waals surface area (Å²) < 4.78 is 10.5. The van der Waals surface area contributed by atoms with Crippen LogP contribution in [0.5, 0.6) is 11.5 Å². The van der Waals surface area contributed by atoms with Crippen LogP contribution in [-0.4, -0.2) is 44.0 Å². The lowest BCUT2D eigenvalue weighted by Gasteiger charge is -2.32. The lowest BCUT2D eigenvalue weighted by molar-refractivity contribution is -0.121. The standard InChI is InChI=1S/C25H32N2O4/c1-16(2)20-8-6-7-17(3)23(20)26-24(28)18-11-13-27(14-12-18)25(29)19-9-10-21(30-4)22(15-19)31-5/h6-10,15-16,18H,11-14H2,1-5H3,(H,26,28). The fraction of sp³-hybridized carbons (Fsp3) is 0.440. The van der Waals surface area contributed by atoms with Crippen molar-refractivity contribution >= 4 is 17.5 Å². The Morgan fingerprint density at radius 3 is 2.32 bits per heavy atom. The zero-order chi connectivity index (χ0) is 22.5. The highest BCUT2D eigenvalue weighted by atomic mass is 16.5. The summed E-state index contributed by atoms with van der Waals surface area (Å²) >= 11 is 0. The Balaban J connectivity index is 1.63. The van der Waals surface area contributed by atoms with Gasteiger partial charge in [0.25, 0.3) is 5.91 Å². The number of carbonyl (C=O) groups is 2. The first-order valence-electron chi connectivity index (χ1n) is 10.8. The molecule has 1 aliphatic heterocycles. The van der Waals surface area contributed by atoms with Gasteiger partial charge in [0, 0.05) is 30.3 Å². The molecular weight excluding hydrogens is 392 g/mol. The summed E-state index contributed by atoms with van der Waals surface area (Å²) in [7, 11) is 3.12. The molecular formula is C25H32N2O4. The molecule has 1 heterocycles. The van der Waals surface area contributed by atoms with Crippen molar-refractivity contribution in [1.29, 1.82) is 0 Å². The first-order chi connectivity index (χ1) is 14.8. The topological polar surface area (TPSA) is 67.9 Å². The third-order valence-electron chi connectivity index (χ3n) is 5.96.